The summed E-state index contributed by atoms with van der Waals surface area (Å²) < 4.78 is 24.5. The van der Waals surface area contributed by atoms with Crippen molar-refractivity contribution in [2.75, 3.05) is 0 Å². The molecule has 0 radical (unpaired) electrons. The van der Waals surface area contributed by atoms with Gasteiger partial charge in [0.1, 0.15) is 11.2 Å². The van der Waals surface area contributed by atoms with Crippen molar-refractivity contribution in [1.82, 2.24) is 8.80 Å². The van der Waals surface area contributed by atoms with E-state index in [0.717, 1.165) is 49.3 Å². The normalized spacial score (nSPS) is 16.5. The van der Waals surface area contributed by atoms with Crippen LogP contribution in [0.3, 0.4) is 0 Å². The highest BCUT2D eigenvalue weighted by molar-refractivity contribution is 6.62. The third kappa shape index (κ3) is 3.24. The van der Waals surface area contributed by atoms with Gasteiger partial charge in [-0.15, -0.1) is 0 Å². The molecule has 5 heterocycles. The summed E-state index contributed by atoms with van der Waals surface area (Å²) in [5.74, 6) is 0. The molecule has 0 saturated carbocycles. The van der Waals surface area contributed by atoms with E-state index in [9.17, 15) is 0 Å². The Kier molecular flexibility index (Phi) is 4.89. The van der Waals surface area contributed by atoms with Gasteiger partial charge in [-0.3, -0.25) is 0 Å². The molecule has 10 aromatic rings. The van der Waals surface area contributed by atoms with E-state index < -0.39 is 18.3 Å². The Bertz CT molecular complexity index is 3020. The first-order valence-corrected chi connectivity index (χ1v) is 16.7. The van der Waals surface area contributed by atoms with Crippen LogP contribution in [0.1, 0.15) is 27.7 Å². The maximum Gasteiger partial charge on any atom is 0.494 e. The van der Waals surface area contributed by atoms with E-state index in [1.165, 1.54) is 43.5 Å². The SMILES string of the molecule is CC1(C)OB(c2ccc3c(c2)c2cccc4c5cc6oc7ccccc7c6cc5n5c6ccccc6c6cccc(c65)n3c24)OC1(C)C. The molecule has 0 bridgehead atoms. The Balaban J connectivity index is 1.39. The molecule has 1 fully saturated rings. The molecule has 5 nitrogen and oxygen atoms in total. The van der Waals surface area contributed by atoms with Crippen LogP contribution in [0.2, 0.25) is 0 Å². The largest absolute Gasteiger partial charge is 0.494 e. The number of fused-ring (bicyclic) bond motifs is 13. The van der Waals surface area contributed by atoms with Gasteiger partial charge in [-0.25, -0.2) is 0 Å². The molecule has 0 atom stereocenters. The predicted octanol–water partition coefficient (Wildman–Crippen LogP) is 10.2. The van der Waals surface area contributed by atoms with Crippen molar-refractivity contribution in [3.05, 3.63) is 115 Å². The lowest BCUT2D eigenvalue weighted by Crippen LogP contribution is -2.41. The molecule has 6 aromatic carbocycles. The summed E-state index contributed by atoms with van der Waals surface area (Å²) in [7, 11) is -0.440. The number of nitrogens with zero attached hydrogens (tertiary/aromatic N) is 2. The summed E-state index contributed by atoms with van der Waals surface area (Å²) in [5, 5.41) is 9.38. The number of para-hydroxylation sites is 4. The van der Waals surface area contributed by atoms with E-state index in [2.05, 4.69) is 146 Å². The quantitative estimate of drug-likeness (QED) is 0.171. The van der Waals surface area contributed by atoms with Gasteiger partial charge in [-0.1, -0.05) is 78.9 Å². The third-order valence-electron chi connectivity index (χ3n) is 11.3. The second-order valence-corrected chi connectivity index (χ2v) is 14.4. The average molecular weight is 623 g/mol. The van der Waals surface area contributed by atoms with Gasteiger partial charge in [0.25, 0.3) is 0 Å². The molecule has 0 aliphatic carbocycles. The van der Waals surface area contributed by atoms with Crippen molar-refractivity contribution >= 4 is 99.9 Å². The second kappa shape index (κ2) is 8.78. The molecule has 0 amide bonds. The van der Waals surface area contributed by atoms with Crippen LogP contribution in [0.4, 0.5) is 0 Å². The molecular formula is C42H31BN2O3. The van der Waals surface area contributed by atoms with E-state index >= 15 is 0 Å². The number of hydrogen-bond donors (Lipinski definition) is 0. The molecule has 48 heavy (non-hydrogen) atoms. The van der Waals surface area contributed by atoms with E-state index in [1.807, 2.05) is 6.07 Å². The van der Waals surface area contributed by atoms with Crippen molar-refractivity contribution in [3.63, 3.8) is 0 Å². The first-order chi connectivity index (χ1) is 23.3. The highest BCUT2D eigenvalue weighted by Crippen LogP contribution is 2.43. The molecule has 1 aliphatic heterocycles. The summed E-state index contributed by atoms with van der Waals surface area (Å²) in [6.07, 6.45) is 0. The van der Waals surface area contributed by atoms with E-state index in [0.29, 0.717) is 0 Å². The van der Waals surface area contributed by atoms with Gasteiger partial charge in [0, 0.05) is 43.1 Å². The Labute approximate surface area is 276 Å². The number of furan rings is 1. The molecule has 0 N–H and O–H groups in total. The van der Waals surface area contributed by atoms with Gasteiger partial charge in [-0.2, -0.15) is 0 Å². The first kappa shape index (κ1) is 26.7. The molecule has 1 saturated heterocycles. The minimum absolute atomic E-state index is 0.415. The van der Waals surface area contributed by atoms with Crippen molar-refractivity contribution < 1.29 is 13.7 Å². The van der Waals surface area contributed by atoms with Gasteiger partial charge < -0.3 is 22.5 Å². The number of hydrogen-bond acceptors (Lipinski definition) is 3. The molecule has 11 rings (SSSR count). The van der Waals surface area contributed by atoms with E-state index in [-0.39, 0.29) is 0 Å². The predicted molar refractivity (Wildman–Crippen MR) is 199 cm³/mol. The lowest BCUT2D eigenvalue weighted by Gasteiger charge is -2.32. The van der Waals surface area contributed by atoms with Gasteiger partial charge in [0.2, 0.25) is 0 Å². The smallest absolute Gasteiger partial charge is 0.456 e. The molecular weight excluding hydrogens is 591 g/mol. The fraction of sp³-hybridized carbons (Fsp3) is 0.143. The highest BCUT2D eigenvalue weighted by Gasteiger charge is 2.51. The average Bonchev–Trinajstić information content (AvgIpc) is 3.78. The van der Waals surface area contributed by atoms with Crippen molar-refractivity contribution in [2.45, 2.75) is 38.9 Å². The van der Waals surface area contributed by atoms with Crippen molar-refractivity contribution in [3.8, 4) is 0 Å². The zero-order valence-corrected chi connectivity index (χ0v) is 27.2. The van der Waals surface area contributed by atoms with Gasteiger partial charge in [0.05, 0.1) is 44.3 Å². The zero-order chi connectivity index (χ0) is 32.1. The summed E-state index contributed by atoms with van der Waals surface area (Å²) >= 11 is 0. The maximum atomic E-state index is 6.52. The topological polar surface area (TPSA) is 40.4 Å². The number of aromatic nitrogens is 2. The third-order valence-corrected chi connectivity index (χ3v) is 11.3. The molecule has 0 spiro atoms. The Morgan fingerprint density at radius 1 is 0.438 bits per heavy atom. The summed E-state index contributed by atoms with van der Waals surface area (Å²) in [5.41, 5.74) is 8.99. The summed E-state index contributed by atoms with van der Waals surface area (Å²) in [6, 6.07) is 41.8. The van der Waals surface area contributed by atoms with Gasteiger partial charge in [-0.05, 0) is 69.6 Å². The van der Waals surface area contributed by atoms with E-state index in [4.69, 9.17) is 13.7 Å². The molecule has 6 heteroatoms. The van der Waals surface area contributed by atoms with Crippen LogP contribution in [-0.4, -0.2) is 27.1 Å². The van der Waals surface area contributed by atoms with Crippen molar-refractivity contribution in [1.29, 1.82) is 0 Å². The maximum absolute atomic E-state index is 6.52. The van der Waals surface area contributed by atoms with Crippen LogP contribution in [-0.2, 0) is 9.31 Å². The van der Waals surface area contributed by atoms with Crippen LogP contribution in [0.15, 0.2) is 120 Å². The fourth-order valence-electron chi connectivity index (χ4n) is 8.27. The van der Waals surface area contributed by atoms with Crippen LogP contribution in [0, 0.1) is 0 Å². The lowest BCUT2D eigenvalue weighted by atomic mass is 9.78. The number of benzene rings is 6. The summed E-state index contributed by atoms with van der Waals surface area (Å²) in [4.78, 5) is 0. The Morgan fingerprint density at radius 3 is 1.81 bits per heavy atom. The molecule has 1 aliphatic rings. The van der Waals surface area contributed by atoms with Crippen LogP contribution < -0.4 is 5.46 Å². The number of rotatable bonds is 1. The van der Waals surface area contributed by atoms with Gasteiger partial charge in [0.15, 0.2) is 0 Å². The van der Waals surface area contributed by atoms with Crippen LogP contribution in [0.5, 0.6) is 0 Å². The molecule has 230 valence electrons. The van der Waals surface area contributed by atoms with Crippen LogP contribution in [0.25, 0.3) is 87.4 Å². The fourth-order valence-corrected chi connectivity index (χ4v) is 8.27. The summed E-state index contributed by atoms with van der Waals surface area (Å²) in [6.45, 7) is 8.43. The zero-order valence-electron chi connectivity index (χ0n) is 27.2. The first-order valence-electron chi connectivity index (χ1n) is 16.7. The minimum Gasteiger partial charge on any atom is -0.456 e. The molecule has 4 aromatic heterocycles. The standard InChI is InChI=1S/C42H31BN2O3/c1-41(2)42(3,4)48-43(47-41)24-19-20-34-30(21-24)28-13-9-14-29-31-23-38-32(26-12-6-8-18-37(26)46-38)22-36(31)45-33-16-7-5-11-25(33)27-15-10-17-35(40(27)45)44(34)39(28)29/h5-23H,1-4H3. The Morgan fingerprint density at radius 2 is 1.02 bits per heavy atom. The van der Waals surface area contributed by atoms with Gasteiger partial charge >= 0.3 is 7.12 Å². The monoisotopic (exact) mass is 622 g/mol. The highest BCUT2D eigenvalue weighted by atomic mass is 16.7. The van der Waals surface area contributed by atoms with Crippen molar-refractivity contribution in [2.24, 2.45) is 0 Å². The molecule has 0 unspecified atom stereocenters. The lowest BCUT2D eigenvalue weighted by molar-refractivity contribution is 0.00578. The second-order valence-electron chi connectivity index (χ2n) is 14.4. The minimum atomic E-state index is -0.440. The van der Waals surface area contributed by atoms with E-state index in [1.54, 1.807) is 0 Å². The Hall–Kier alpha value is -5.30. The van der Waals surface area contributed by atoms with Crippen LogP contribution >= 0.6 is 0 Å².